The molecule has 79 heavy (non-hydrogen) atoms. The van der Waals surface area contributed by atoms with Crippen molar-refractivity contribution in [2.45, 2.75) is 62.8 Å². The fourth-order valence-corrected chi connectivity index (χ4v) is 12.7. The molecule has 2 saturated heterocycles. The zero-order valence-electron chi connectivity index (χ0n) is 44.9. The van der Waals surface area contributed by atoms with E-state index >= 15 is 0 Å². The number of esters is 2. The Labute approximate surface area is 462 Å². The highest BCUT2D eigenvalue weighted by Gasteiger charge is 2.45. The average molecular weight is 1040 g/mol. The Morgan fingerprint density at radius 2 is 1.03 bits per heavy atom. The summed E-state index contributed by atoms with van der Waals surface area (Å²) in [6.07, 6.45) is 7.08. The molecule has 0 N–H and O–H groups in total. The number of nitrogens with zero attached hydrogens (tertiary/aromatic N) is 2. The molecular formula is C71H62N2O6. The molecule has 1 aliphatic carbocycles. The third-order valence-corrected chi connectivity index (χ3v) is 16.9. The third-order valence-electron chi connectivity index (χ3n) is 16.9. The van der Waals surface area contributed by atoms with Crippen LogP contribution >= 0.6 is 0 Å². The maximum Gasteiger partial charge on any atom is 0.338 e. The first-order chi connectivity index (χ1) is 38.6. The zero-order chi connectivity index (χ0) is 53.7. The summed E-state index contributed by atoms with van der Waals surface area (Å²) in [5, 5.41) is 2.09. The lowest BCUT2D eigenvalue weighted by molar-refractivity contribution is 0.0235. The van der Waals surface area contributed by atoms with E-state index in [0.717, 1.165) is 98.5 Å². The van der Waals surface area contributed by atoms with Gasteiger partial charge in [0.1, 0.15) is 23.7 Å². The van der Waals surface area contributed by atoms with Gasteiger partial charge in [-0.3, -0.25) is 0 Å². The fraction of sp³-hybridized carbons (Fsp3) is 0.211. The summed E-state index contributed by atoms with van der Waals surface area (Å²) < 4.78 is 26.3. The van der Waals surface area contributed by atoms with Crippen molar-refractivity contribution in [3.63, 3.8) is 0 Å². The highest BCUT2D eigenvalue weighted by molar-refractivity contribution is 6.10. The Bertz CT molecular complexity index is 3750. The summed E-state index contributed by atoms with van der Waals surface area (Å²) >= 11 is 0. The van der Waals surface area contributed by atoms with Crippen molar-refractivity contribution >= 4 is 40.2 Å². The van der Waals surface area contributed by atoms with E-state index in [1.165, 1.54) is 22.3 Å². The number of carbonyl (C=O) groups is 2. The first-order valence-electron chi connectivity index (χ1n) is 27.7. The van der Waals surface area contributed by atoms with Crippen LogP contribution in [0.25, 0.3) is 50.2 Å². The standard InChI is InChI=1S/C71H62N2O6/c1-70(2)62-22-14-13-21-58(62)65-60-45-63(73-43-38-57(39-44-73)78-69(75)52-29-25-50(26-30-52)48-17-9-5-10-18-48)64(76-3)46-61(60)67-59(66(65)70)35-40-71(79-67,53-19-11-6-12-20-53)54-31-33-55(34-32-54)72-41-36-56(37-42-72)77-68(74)51-27-23-49(24-28-51)47-15-7-4-8-16-47/h4-35,40,45-46,56-57H,36-39,41-44H2,1-3H3. The van der Waals surface area contributed by atoms with Crippen LogP contribution in [0.2, 0.25) is 0 Å². The van der Waals surface area contributed by atoms with Crippen molar-refractivity contribution < 1.29 is 28.5 Å². The number of rotatable bonds is 11. The molecule has 0 bridgehead atoms. The highest BCUT2D eigenvalue weighted by atomic mass is 16.5. The number of carbonyl (C=O) groups excluding carboxylic acids is 2. The van der Waals surface area contributed by atoms with Crippen LogP contribution in [0.1, 0.15) is 88.1 Å². The largest absolute Gasteiger partial charge is 0.495 e. The molecule has 392 valence electrons. The van der Waals surface area contributed by atoms with Gasteiger partial charge < -0.3 is 28.7 Å². The van der Waals surface area contributed by atoms with E-state index in [1.807, 2.05) is 84.9 Å². The first kappa shape index (κ1) is 49.7. The zero-order valence-corrected chi connectivity index (χ0v) is 44.9. The van der Waals surface area contributed by atoms with E-state index in [4.69, 9.17) is 18.9 Å². The van der Waals surface area contributed by atoms with Gasteiger partial charge in [0.05, 0.1) is 23.9 Å². The minimum atomic E-state index is -0.959. The van der Waals surface area contributed by atoms with Gasteiger partial charge in [0, 0.05) is 85.0 Å². The second kappa shape index (κ2) is 20.5. The lowest BCUT2D eigenvalue weighted by Crippen LogP contribution is -2.38. The third kappa shape index (κ3) is 9.09. The number of ether oxygens (including phenoxy) is 4. The topological polar surface area (TPSA) is 77.5 Å². The van der Waals surface area contributed by atoms with Crippen LogP contribution in [0.5, 0.6) is 11.5 Å². The summed E-state index contributed by atoms with van der Waals surface area (Å²) in [5.41, 5.74) is 14.4. The lowest BCUT2D eigenvalue weighted by Gasteiger charge is -2.39. The van der Waals surface area contributed by atoms with E-state index in [1.54, 1.807) is 7.11 Å². The van der Waals surface area contributed by atoms with E-state index < -0.39 is 5.60 Å². The molecule has 9 aromatic rings. The van der Waals surface area contributed by atoms with Crippen LogP contribution in [0, 0.1) is 0 Å². The number of methoxy groups -OCH3 is 1. The minimum Gasteiger partial charge on any atom is -0.495 e. The Morgan fingerprint density at radius 3 is 1.58 bits per heavy atom. The van der Waals surface area contributed by atoms with Gasteiger partial charge in [0.15, 0.2) is 5.60 Å². The summed E-state index contributed by atoms with van der Waals surface area (Å²) in [6, 6.07) is 68.4. The minimum absolute atomic E-state index is 0.151. The van der Waals surface area contributed by atoms with Gasteiger partial charge in [-0.15, -0.1) is 0 Å². The molecule has 1 atom stereocenters. The number of fused-ring (bicyclic) bond motifs is 8. The first-order valence-corrected chi connectivity index (χ1v) is 27.7. The predicted molar refractivity (Wildman–Crippen MR) is 316 cm³/mol. The molecule has 8 nitrogen and oxygen atoms in total. The molecule has 9 aromatic carbocycles. The molecule has 0 saturated carbocycles. The molecule has 13 rings (SSSR count). The quantitative estimate of drug-likeness (QED) is 0.119. The predicted octanol–water partition coefficient (Wildman–Crippen LogP) is 15.5. The van der Waals surface area contributed by atoms with Crippen molar-refractivity contribution in [2.75, 3.05) is 43.1 Å². The van der Waals surface area contributed by atoms with Crippen LogP contribution in [0.3, 0.4) is 0 Å². The molecule has 1 unspecified atom stereocenters. The Hall–Kier alpha value is -8.88. The molecule has 3 aliphatic heterocycles. The lowest BCUT2D eigenvalue weighted by atomic mass is 9.76. The maximum atomic E-state index is 13.5. The molecule has 0 spiro atoms. The van der Waals surface area contributed by atoms with Gasteiger partial charge in [-0.1, -0.05) is 172 Å². The fourth-order valence-electron chi connectivity index (χ4n) is 12.7. The van der Waals surface area contributed by atoms with Crippen LogP contribution in [0.15, 0.2) is 206 Å². The molecule has 0 radical (unpaired) electrons. The van der Waals surface area contributed by atoms with Gasteiger partial charge in [-0.25, -0.2) is 9.59 Å². The van der Waals surface area contributed by atoms with Crippen molar-refractivity contribution in [2.24, 2.45) is 0 Å². The monoisotopic (exact) mass is 1040 g/mol. The normalized spacial score (nSPS) is 17.6. The van der Waals surface area contributed by atoms with E-state index in [0.29, 0.717) is 37.1 Å². The number of anilines is 2. The van der Waals surface area contributed by atoms with Crippen molar-refractivity contribution in [1.29, 1.82) is 0 Å². The second-order valence-electron chi connectivity index (χ2n) is 21.9. The Kier molecular flexibility index (Phi) is 12.9. The molecular weight excluding hydrogens is 977 g/mol. The van der Waals surface area contributed by atoms with Crippen LogP contribution in [-0.4, -0.2) is 57.4 Å². The van der Waals surface area contributed by atoms with E-state index in [2.05, 4.69) is 151 Å². The van der Waals surface area contributed by atoms with Gasteiger partial charge in [0.2, 0.25) is 0 Å². The number of hydrogen-bond donors (Lipinski definition) is 0. The van der Waals surface area contributed by atoms with Crippen LogP contribution in [-0.2, 0) is 20.5 Å². The number of hydrogen-bond acceptors (Lipinski definition) is 8. The molecule has 2 fully saturated rings. The SMILES string of the molecule is COc1cc2c3c(c4c(c2cc1N1CCC(OC(=O)c2ccc(-c5ccccc5)cc2)CC1)-c1ccccc1C4(C)C)C=CC(c1ccccc1)(c1ccc(N2CCC(OC(=O)c4ccc(-c5ccccc5)cc4)CC2)cc1)O3. The van der Waals surface area contributed by atoms with Crippen LogP contribution in [0.4, 0.5) is 11.4 Å². The van der Waals surface area contributed by atoms with Gasteiger partial charge in [-0.2, -0.15) is 0 Å². The molecule has 3 heterocycles. The molecule has 0 amide bonds. The van der Waals surface area contributed by atoms with E-state index in [-0.39, 0.29) is 29.6 Å². The highest BCUT2D eigenvalue weighted by Crippen LogP contribution is 2.59. The average Bonchev–Trinajstić information content (AvgIpc) is 2.56. The summed E-state index contributed by atoms with van der Waals surface area (Å²) in [7, 11) is 1.75. The smallest absolute Gasteiger partial charge is 0.338 e. The van der Waals surface area contributed by atoms with Gasteiger partial charge >= 0.3 is 11.9 Å². The number of benzene rings is 9. The Balaban J connectivity index is 0.775. The molecule has 0 aromatic heterocycles. The maximum absolute atomic E-state index is 13.5. The van der Waals surface area contributed by atoms with Crippen LogP contribution < -0.4 is 19.3 Å². The summed E-state index contributed by atoms with van der Waals surface area (Å²) in [5.74, 6) is 1.01. The van der Waals surface area contributed by atoms with Crippen molar-refractivity contribution in [3.8, 4) is 44.9 Å². The number of piperidine rings is 2. The Morgan fingerprint density at radius 1 is 0.532 bits per heavy atom. The summed E-state index contributed by atoms with van der Waals surface area (Å²) in [6.45, 7) is 7.61. The van der Waals surface area contributed by atoms with Gasteiger partial charge in [-0.05, 0) is 105 Å². The van der Waals surface area contributed by atoms with Gasteiger partial charge in [0.25, 0.3) is 0 Å². The summed E-state index contributed by atoms with van der Waals surface area (Å²) in [4.78, 5) is 31.5. The van der Waals surface area contributed by atoms with E-state index in [9.17, 15) is 9.59 Å². The second-order valence-corrected chi connectivity index (χ2v) is 21.9. The van der Waals surface area contributed by atoms with Crippen molar-refractivity contribution in [3.05, 3.63) is 245 Å². The van der Waals surface area contributed by atoms with Crippen molar-refractivity contribution in [1.82, 2.24) is 0 Å². The molecule has 8 heteroatoms. The molecule has 4 aliphatic rings.